The molecular weight excluding hydrogens is 388 g/mol. The van der Waals surface area contributed by atoms with E-state index in [0.717, 1.165) is 5.57 Å². The van der Waals surface area contributed by atoms with Crippen LogP contribution in [-0.2, 0) is 15.9 Å². The number of fused-ring (bicyclic) bond motifs is 1. The van der Waals surface area contributed by atoms with Crippen molar-refractivity contribution in [2.75, 3.05) is 13.7 Å². The summed E-state index contributed by atoms with van der Waals surface area (Å²) in [5, 5.41) is 31.7. The largest absolute Gasteiger partial charge is 0.512 e. The Hall–Kier alpha value is -2.12. The molecule has 5 nitrogen and oxygen atoms in total. The molecule has 1 saturated heterocycles. The minimum Gasteiger partial charge on any atom is -0.512 e. The van der Waals surface area contributed by atoms with Crippen molar-refractivity contribution < 1.29 is 24.8 Å². The van der Waals surface area contributed by atoms with Gasteiger partial charge in [0.2, 0.25) is 0 Å². The molecule has 1 unspecified atom stereocenters. The predicted octanol–water partition coefficient (Wildman–Crippen LogP) is 3.87. The third kappa shape index (κ3) is 3.98. The van der Waals surface area contributed by atoms with Crippen LogP contribution in [0.3, 0.4) is 0 Å². The Morgan fingerprint density at radius 1 is 1.31 bits per heavy atom. The molecule has 1 aliphatic heterocycles. The Kier molecular flexibility index (Phi) is 5.79. The van der Waals surface area contributed by atoms with Crippen molar-refractivity contribution in [1.82, 2.24) is 0 Å². The van der Waals surface area contributed by atoms with Gasteiger partial charge in [-0.2, -0.15) is 0 Å². The van der Waals surface area contributed by atoms with Crippen molar-refractivity contribution in [2.45, 2.75) is 37.6 Å². The van der Waals surface area contributed by atoms with Crippen molar-refractivity contribution in [3.8, 4) is 0 Å². The summed E-state index contributed by atoms with van der Waals surface area (Å²) >= 11 is 1.75. The van der Waals surface area contributed by atoms with E-state index in [1.807, 2.05) is 12.1 Å². The van der Waals surface area contributed by atoms with Gasteiger partial charge in [0.25, 0.3) is 0 Å². The Labute approximate surface area is 174 Å². The highest BCUT2D eigenvalue weighted by Crippen LogP contribution is 2.40. The van der Waals surface area contributed by atoms with Crippen LogP contribution in [0.15, 0.2) is 65.7 Å². The quantitative estimate of drug-likeness (QED) is 0.647. The van der Waals surface area contributed by atoms with Crippen LogP contribution in [0.25, 0.3) is 10.1 Å². The summed E-state index contributed by atoms with van der Waals surface area (Å²) in [6.45, 7) is 3.82. The van der Waals surface area contributed by atoms with Gasteiger partial charge in [-0.1, -0.05) is 24.8 Å². The van der Waals surface area contributed by atoms with Crippen molar-refractivity contribution in [3.63, 3.8) is 0 Å². The zero-order valence-corrected chi connectivity index (χ0v) is 17.2. The highest BCUT2D eigenvalue weighted by molar-refractivity contribution is 7.19. The first kappa shape index (κ1) is 20.2. The molecule has 0 radical (unpaired) electrons. The fraction of sp³-hybridized carbons (Fsp3) is 0.391. The standard InChI is InChI=1S/C23H26O5S/c1-13-19(25)10-16(12-24)28-23(13)18-9-15(21(27-2)11-20(18)26)8-17-7-14-5-3-4-6-22(14)29-17/h3-7,11,16,18-19,23-26H,1,8-10,12H2,2H3/t16-,18?,19-,23+/m0/s1. The number of rotatable bonds is 5. The molecule has 4 atom stereocenters. The highest BCUT2D eigenvalue weighted by Gasteiger charge is 2.40. The molecule has 0 saturated carbocycles. The van der Waals surface area contributed by atoms with Gasteiger partial charge < -0.3 is 24.8 Å². The van der Waals surface area contributed by atoms with Crippen molar-refractivity contribution >= 4 is 21.4 Å². The van der Waals surface area contributed by atoms with E-state index in [0.29, 0.717) is 30.6 Å². The zero-order chi connectivity index (χ0) is 20.5. The first-order valence-corrected chi connectivity index (χ1v) is 10.6. The molecule has 0 amide bonds. The average Bonchev–Trinajstić information content (AvgIpc) is 3.13. The predicted molar refractivity (Wildman–Crippen MR) is 114 cm³/mol. The van der Waals surface area contributed by atoms with Crippen LogP contribution < -0.4 is 0 Å². The van der Waals surface area contributed by atoms with Gasteiger partial charge >= 0.3 is 0 Å². The molecule has 4 rings (SSSR count). The number of benzene rings is 1. The smallest absolute Gasteiger partial charge is 0.121 e. The maximum Gasteiger partial charge on any atom is 0.121 e. The van der Waals surface area contributed by atoms with Gasteiger partial charge in [0.15, 0.2) is 0 Å². The molecule has 6 heteroatoms. The number of aliphatic hydroxyl groups is 3. The number of allylic oxidation sites excluding steroid dienone is 2. The summed E-state index contributed by atoms with van der Waals surface area (Å²) in [4.78, 5) is 1.22. The Morgan fingerprint density at radius 2 is 2.10 bits per heavy atom. The minimum absolute atomic E-state index is 0.152. The van der Waals surface area contributed by atoms with E-state index in [1.165, 1.54) is 15.0 Å². The van der Waals surface area contributed by atoms with E-state index in [4.69, 9.17) is 9.47 Å². The number of thiophene rings is 1. The lowest BCUT2D eigenvalue weighted by Crippen LogP contribution is -2.44. The van der Waals surface area contributed by atoms with Gasteiger partial charge in [0.1, 0.15) is 11.5 Å². The van der Waals surface area contributed by atoms with E-state index in [-0.39, 0.29) is 18.3 Å². The molecule has 1 aromatic carbocycles. The van der Waals surface area contributed by atoms with E-state index in [1.54, 1.807) is 24.5 Å². The van der Waals surface area contributed by atoms with Crippen molar-refractivity contribution in [1.29, 1.82) is 0 Å². The molecule has 2 aromatic rings. The second-order valence-electron chi connectivity index (χ2n) is 7.67. The number of hydrogen-bond acceptors (Lipinski definition) is 6. The second-order valence-corrected chi connectivity index (χ2v) is 8.84. The van der Waals surface area contributed by atoms with Gasteiger partial charge in [-0.25, -0.2) is 0 Å². The van der Waals surface area contributed by atoms with E-state index < -0.39 is 18.3 Å². The fourth-order valence-corrected chi connectivity index (χ4v) is 5.29. The Balaban J connectivity index is 1.60. The fourth-order valence-electron chi connectivity index (χ4n) is 4.18. The van der Waals surface area contributed by atoms with Crippen LogP contribution in [0.2, 0.25) is 0 Å². The minimum atomic E-state index is -0.752. The number of hydrogen-bond donors (Lipinski definition) is 3. The van der Waals surface area contributed by atoms with Crippen molar-refractivity contribution in [2.24, 2.45) is 5.92 Å². The van der Waals surface area contributed by atoms with Crippen LogP contribution in [0.4, 0.5) is 0 Å². The zero-order valence-electron chi connectivity index (χ0n) is 16.4. The third-order valence-electron chi connectivity index (χ3n) is 5.75. The summed E-state index contributed by atoms with van der Waals surface area (Å²) in [7, 11) is 1.60. The second kappa shape index (κ2) is 8.32. The van der Waals surface area contributed by atoms with Crippen LogP contribution in [0.1, 0.15) is 17.7 Å². The lowest BCUT2D eigenvalue weighted by Gasteiger charge is -2.39. The van der Waals surface area contributed by atoms with Crippen LogP contribution in [0, 0.1) is 5.92 Å². The molecule has 2 heterocycles. The normalized spacial score (nSPS) is 28.0. The molecule has 3 N–H and O–H groups in total. The van der Waals surface area contributed by atoms with Crippen molar-refractivity contribution in [3.05, 3.63) is 70.5 Å². The van der Waals surface area contributed by atoms with Crippen LogP contribution in [-0.4, -0.2) is 47.3 Å². The molecule has 0 spiro atoms. The SMILES string of the molecule is C=C1[C@H](C2CC(Cc3cc4ccccc4s3)=C(OC)C=C2O)O[C@H](CO)C[C@@H]1O. The number of ether oxygens (including phenoxy) is 2. The average molecular weight is 415 g/mol. The summed E-state index contributed by atoms with van der Waals surface area (Å²) in [5.74, 6) is 0.450. The highest BCUT2D eigenvalue weighted by atomic mass is 32.1. The number of aliphatic hydroxyl groups excluding tert-OH is 3. The topological polar surface area (TPSA) is 79.2 Å². The van der Waals surface area contributed by atoms with Crippen LogP contribution >= 0.6 is 11.3 Å². The first-order valence-electron chi connectivity index (χ1n) is 9.77. The molecule has 154 valence electrons. The Bertz CT molecular complexity index is 940. The van der Waals surface area contributed by atoms with Gasteiger partial charge in [-0.05, 0) is 35.1 Å². The lowest BCUT2D eigenvalue weighted by atomic mass is 9.80. The molecule has 2 aliphatic rings. The first-order chi connectivity index (χ1) is 14.0. The maximum atomic E-state index is 10.7. The van der Waals surface area contributed by atoms with Gasteiger partial charge in [0.05, 0.1) is 37.9 Å². The van der Waals surface area contributed by atoms with Crippen LogP contribution in [0.5, 0.6) is 0 Å². The summed E-state index contributed by atoms with van der Waals surface area (Å²) in [6.07, 6.45) is 1.44. The summed E-state index contributed by atoms with van der Waals surface area (Å²) in [5.41, 5.74) is 1.61. The van der Waals surface area contributed by atoms with Gasteiger partial charge in [-0.15, -0.1) is 11.3 Å². The lowest BCUT2D eigenvalue weighted by molar-refractivity contribution is -0.0956. The van der Waals surface area contributed by atoms with E-state index >= 15 is 0 Å². The molecular formula is C23H26O5S. The van der Waals surface area contributed by atoms with E-state index in [2.05, 4.69) is 24.8 Å². The monoisotopic (exact) mass is 414 g/mol. The summed E-state index contributed by atoms with van der Waals surface area (Å²) in [6, 6.07) is 10.5. The number of methoxy groups -OCH3 is 1. The molecule has 1 aromatic heterocycles. The molecule has 1 fully saturated rings. The molecule has 29 heavy (non-hydrogen) atoms. The van der Waals surface area contributed by atoms with E-state index in [9.17, 15) is 15.3 Å². The molecule has 0 bridgehead atoms. The summed E-state index contributed by atoms with van der Waals surface area (Å²) < 4.78 is 12.8. The Morgan fingerprint density at radius 3 is 2.83 bits per heavy atom. The third-order valence-corrected chi connectivity index (χ3v) is 6.86. The molecule has 1 aliphatic carbocycles. The maximum absolute atomic E-state index is 10.7. The van der Waals surface area contributed by atoms with Gasteiger partial charge in [-0.3, -0.25) is 0 Å². The van der Waals surface area contributed by atoms with Gasteiger partial charge in [0, 0.05) is 28.5 Å².